The first-order chi connectivity index (χ1) is 14.7. The van der Waals surface area contributed by atoms with E-state index in [-0.39, 0.29) is 12.0 Å². The molecular formula is C25H28N4O. The summed E-state index contributed by atoms with van der Waals surface area (Å²) in [4.78, 5) is 6.91. The highest BCUT2D eigenvalue weighted by molar-refractivity contribution is 6.02. The fourth-order valence-electron chi connectivity index (χ4n) is 3.97. The number of hydrogen-bond donors (Lipinski definition) is 0. The summed E-state index contributed by atoms with van der Waals surface area (Å²) in [5.41, 5.74) is 3.49. The molecule has 5 nitrogen and oxygen atoms in total. The van der Waals surface area contributed by atoms with Gasteiger partial charge in [0.15, 0.2) is 0 Å². The Hall–Kier alpha value is -3.34. The van der Waals surface area contributed by atoms with Gasteiger partial charge in [-0.15, -0.1) is 0 Å². The molecule has 2 aromatic heterocycles. The molecule has 5 heteroatoms. The number of pyridine rings is 1. The van der Waals surface area contributed by atoms with E-state index in [4.69, 9.17) is 9.52 Å². The summed E-state index contributed by atoms with van der Waals surface area (Å²) in [5.74, 6) is 1.88. The Kier molecular flexibility index (Phi) is 5.98. The first-order valence-corrected chi connectivity index (χ1v) is 10.6. The van der Waals surface area contributed by atoms with Crippen molar-refractivity contribution in [2.24, 2.45) is 11.0 Å². The van der Waals surface area contributed by atoms with E-state index in [2.05, 4.69) is 54.9 Å². The monoisotopic (exact) mass is 400 g/mol. The van der Waals surface area contributed by atoms with Gasteiger partial charge in [0, 0.05) is 30.9 Å². The van der Waals surface area contributed by atoms with Crippen molar-refractivity contribution in [3.63, 3.8) is 0 Å². The Balaban J connectivity index is 1.66. The molecule has 30 heavy (non-hydrogen) atoms. The summed E-state index contributed by atoms with van der Waals surface area (Å²) in [6.45, 7) is 8.59. The third-order valence-electron chi connectivity index (χ3n) is 5.64. The van der Waals surface area contributed by atoms with Gasteiger partial charge in [0.1, 0.15) is 11.6 Å². The first-order valence-electron chi connectivity index (χ1n) is 10.6. The minimum atomic E-state index is 0.0851. The minimum Gasteiger partial charge on any atom is -0.465 e. The summed E-state index contributed by atoms with van der Waals surface area (Å²) >= 11 is 0. The number of hydrogen-bond acceptors (Lipinski definition) is 5. The molecule has 0 N–H and O–H groups in total. The van der Waals surface area contributed by atoms with E-state index < -0.39 is 0 Å². The molecule has 0 radical (unpaired) electrons. The Morgan fingerprint density at radius 1 is 1.00 bits per heavy atom. The van der Waals surface area contributed by atoms with Crippen LogP contribution in [0, 0.1) is 5.92 Å². The second-order valence-electron chi connectivity index (χ2n) is 7.40. The molecule has 2 unspecified atom stereocenters. The van der Waals surface area contributed by atoms with Crippen LogP contribution in [0.3, 0.4) is 0 Å². The van der Waals surface area contributed by atoms with Crippen LogP contribution in [-0.2, 0) is 0 Å². The van der Waals surface area contributed by atoms with Crippen LogP contribution in [-0.4, -0.2) is 23.8 Å². The van der Waals surface area contributed by atoms with Crippen LogP contribution in [0.15, 0.2) is 82.7 Å². The van der Waals surface area contributed by atoms with Gasteiger partial charge in [0.2, 0.25) is 0 Å². The molecule has 0 bridgehead atoms. The standard InChI is InChI=1S/C25H28N4O/c1-4-28(5-2)21-13-11-20(12-14-21)25-19(3)23(16-15-22-9-8-18-30-22)27-29(25)24-10-6-7-17-26-24/h6-19,25H,4-5H2,1-3H3. The van der Waals surface area contributed by atoms with E-state index in [1.807, 2.05) is 53.7 Å². The fourth-order valence-corrected chi connectivity index (χ4v) is 3.97. The normalized spacial score (nSPS) is 18.8. The minimum absolute atomic E-state index is 0.0851. The Morgan fingerprint density at radius 3 is 2.43 bits per heavy atom. The second-order valence-corrected chi connectivity index (χ2v) is 7.40. The van der Waals surface area contributed by atoms with Crippen LogP contribution in [0.1, 0.15) is 38.1 Å². The zero-order valence-corrected chi connectivity index (χ0v) is 17.8. The van der Waals surface area contributed by atoms with E-state index in [1.165, 1.54) is 11.3 Å². The van der Waals surface area contributed by atoms with Gasteiger partial charge < -0.3 is 9.32 Å². The molecule has 0 saturated carbocycles. The highest BCUT2D eigenvalue weighted by Gasteiger charge is 2.35. The molecular weight excluding hydrogens is 372 g/mol. The fraction of sp³-hybridized carbons (Fsp3) is 0.280. The molecule has 0 fully saturated rings. The van der Waals surface area contributed by atoms with Crippen molar-refractivity contribution in [1.29, 1.82) is 0 Å². The third kappa shape index (κ3) is 4.01. The van der Waals surface area contributed by atoms with Crippen molar-refractivity contribution < 1.29 is 4.42 Å². The first kappa shape index (κ1) is 20.0. The largest absolute Gasteiger partial charge is 0.465 e. The average Bonchev–Trinajstić information content (AvgIpc) is 3.42. The van der Waals surface area contributed by atoms with Crippen LogP contribution in [0.5, 0.6) is 0 Å². The topological polar surface area (TPSA) is 44.9 Å². The summed E-state index contributed by atoms with van der Waals surface area (Å²) in [7, 11) is 0. The van der Waals surface area contributed by atoms with Gasteiger partial charge >= 0.3 is 0 Å². The van der Waals surface area contributed by atoms with Crippen molar-refractivity contribution in [3.05, 3.63) is 84.5 Å². The number of nitrogens with zero attached hydrogens (tertiary/aromatic N) is 4. The molecule has 0 aliphatic carbocycles. The van der Waals surface area contributed by atoms with E-state index in [9.17, 15) is 0 Å². The zero-order valence-electron chi connectivity index (χ0n) is 17.8. The van der Waals surface area contributed by atoms with E-state index >= 15 is 0 Å². The molecule has 154 valence electrons. The zero-order chi connectivity index (χ0) is 20.9. The third-order valence-corrected chi connectivity index (χ3v) is 5.64. The van der Waals surface area contributed by atoms with Gasteiger partial charge in [-0.25, -0.2) is 9.99 Å². The van der Waals surface area contributed by atoms with Crippen LogP contribution in [0.4, 0.5) is 11.5 Å². The summed E-state index contributed by atoms with van der Waals surface area (Å²) < 4.78 is 5.44. The maximum absolute atomic E-state index is 5.44. The van der Waals surface area contributed by atoms with Crippen LogP contribution in [0.25, 0.3) is 6.08 Å². The number of allylic oxidation sites excluding steroid dienone is 1. The Bertz CT molecular complexity index is 989. The van der Waals surface area contributed by atoms with Crippen molar-refractivity contribution in [1.82, 2.24) is 4.98 Å². The Labute approximate surface area is 178 Å². The molecule has 0 saturated heterocycles. The molecule has 0 spiro atoms. The lowest BCUT2D eigenvalue weighted by molar-refractivity contribution is 0.557. The number of anilines is 2. The van der Waals surface area contributed by atoms with Gasteiger partial charge in [0.25, 0.3) is 0 Å². The summed E-state index contributed by atoms with van der Waals surface area (Å²) in [6.07, 6.45) is 7.51. The van der Waals surface area contributed by atoms with Crippen molar-refractivity contribution in [2.75, 3.05) is 23.0 Å². The molecule has 1 aliphatic heterocycles. The van der Waals surface area contributed by atoms with Crippen LogP contribution < -0.4 is 9.91 Å². The number of rotatable bonds is 7. The van der Waals surface area contributed by atoms with Crippen molar-refractivity contribution >= 4 is 23.3 Å². The quantitative estimate of drug-likeness (QED) is 0.504. The SMILES string of the molecule is CCN(CC)c1ccc(C2C(C)C(C=Cc3ccco3)=NN2c2ccccn2)cc1. The van der Waals surface area contributed by atoms with Gasteiger partial charge in [-0.3, -0.25) is 0 Å². The number of benzene rings is 1. The highest BCUT2D eigenvalue weighted by Crippen LogP contribution is 2.39. The lowest BCUT2D eigenvalue weighted by Gasteiger charge is -2.27. The molecule has 3 aromatic rings. The van der Waals surface area contributed by atoms with Crippen LogP contribution >= 0.6 is 0 Å². The predicted molar refractivity (Wildman–Crippen MR) is 124 cm³/mol. The van der Waals surface area contributed by atoms with E-state index in [0.29, 0.717) is 0 Å². The maximum Gasteiger partial charge on any atom is 0.149 e. The lowest BCUT2D eigenvalue weighted by atomic mass is 9.91. The molecule has 2 atom stereocenters. The number of aromatic nitrogens is 1. The van der Waals surface area contributed by atoms with E-state index in [1.54, 1.807) is 6.26 Å². The average molecular weight is 401 g/mol. The smallest absolute Gasteiger partial charge is 0.149 e. The predicted octanol–water partition coefficient (Wildman–Crippen LogP) is 5.79. The molecule has 3 heterocycles. The highest BCUT2D eigenvalue weighted by atomic mass is 16.3. The molecule has 1 aliphatic rings. The molecule has 4 rings (SSSR count). The van der Waals surface area contributed by atoms with E-state index in [0.717, 1.165) is 30.4 Å². The van der Waals surface area contributed by atoms with Crippen LogP contribution in [0.2, 0.25) is 0 Å². The van der Waals surface area contributed by atoms with Gasteiger partial charge in [-0.1, -0.05) is 25.1 Å². The van der Waals surface area contributed by atoms with Gasteiger partial charge in [-0.05, 0) is 68.0 Å². The summed E-state index contributed by atoms with van der Waals surface area (Å²) in [6, 6.07) is 18.7. The molecule has 1 aromatic carbocycles. The lowest BCUT2D eigenvalue weighted by Crippen LogP contribution is -2.25. The summed E-state index contributed by atoms with van der Waals surface area (Å²) in [5, 5.41) is 6.98. The maximum atomic E-state index is 5.44. The van der Waals surface area contributed by atoms with Gasteiger partial charge in [-0.2, -0.15) is 5.10 Å². The Morgan fingerprint density at radius 2 is 1.80 bits per heavy atom. The second kappa shape index (κ2) is 8.99. The molecule has 0 amide bonds. The van der Waals surface area contributed by atoms with Gasteiger partial charge in [0.05, 0.1) is 18.0 Å². The number of furan rings is 1. The van der Waals surface area contributed by atoms with Crippen molar-refractivity contribution in [2.45, 2.75) is 26.8 Å². The van der Waals surface area contributed by atoms with Crippen molar-refractivity contribution in [3.8, 4) is 0 Å². The number of hydrazone groups is 1.